The maximum absolute atomic E-state index is 11.2. The molecular formula is C16H16N2O4. The molecule has 2 heterocycles. The van der Waals surface area contributed by atoms with Gasteiger partial charge in [-0.1, -0.05) is 18.2 Å². The molecule has 1 aliphatic heterocycles. The summed E-state index contributed by atoms with van der Waals surface area (Å²) in [5.74, 6) is -1.76. The summed E-state index contributed by atoms with van der Waals surface area (Å²) in [6.07, 6.45) is 2.27. The van der Waals surface area contributed by atoms with Gasteiger partial charge < -0.3 is 14.4 Å². The Kier molecular flexibility index (Phi) is 3.66. The third kappa shape index (κ3) is 2.59. The molecular weight excluding hydrogens is 284 g/mol. The van der Waals surface area contributed by atoms with Gasteiger partial charge in [0.1, 0.15) is 0 Å². The van der Waals surface area contributed by atoms with Crippen LogP contribution < -0.4 is 0 Å². The molecule has 1 aromatic carbocycles. The van der Waals surface area contributed by atoms with Crippen molar-refractivity contribution >= 4 is 11.9 Å². The first-order valence-electron chi connectivity index (χ1n) is 7.09. The van der Waals surface area contributed by atoms with Crippen molar-refractivity contribution in [1.82, 2.24) is 9.55 Å². The quantitative estimate of drug-likeness (QED) is 0.866. The SMILES string of the molecule is CC(=O)OC(Cc1ncn2c1CCc1ccccc1-2)C(=O)O. The lowest BCUT2D eigenvalue weighted by Crippen LogP contribution is -2.29. The largest absolute Gasteiger partial charge is 0.478 e. The normalized spacial score (nSPS) is 13.9. The summed E-state index contributed by atoms with van der Waals surface area (Å²) in [6.45, 7) is 1.20. The molecule has 1 unspecified atom stereocenters. The highest BCUT2D eigenvalue weighted by molar-refractivity contribution is 5.77. The van der Waals surface area contributed by atoms with Crippen LogP contribution in [0.25, 0.3) is 5.69 Å². The van der Waals surface area contributed by atoms with Crippen molar-refractivity contribution < 1.29 is 19.4 Å². The Hall–Kier alpha value is -2.63. The minimum Gasteiger partial charge on any atom is -0.478 e. The average molecular weight is 300 g/mol. The van der Waals surface area contributed by atoms with Gasteiger partial charge in [-0.2, -0.15) is 0 Å². The number of aromatic nitrogens is 2. The smallest absolute Gasteiger partial charge is 0.345 e. The molecule has 3 rings (SSSR count). The number of hydrogen-bond acceptors (Lipinski definition) is 4. The van der Waals surface area contributed by atoms with E-state index in [0.717, 1.165) is 24.2 Å². The Morgan fingerprint density at radius 2 is 2.14 bits per heavy atom. The van der Waals surface area contributed by atoms with E-state index in [2.05, 4.69) is 11.1 Å². The van der Waals surface area contributed by atoms with E-state index in [-0.39, 0.29) is 6.42 Å². The molecule has 0 radical (unpaired) electrons. The number of aliphatic carboxylic acids is 1. The Labute approximate surface area is 127 Å². The number of aryl methyl sites for hydroxylation is 1. The van der Waals surface area contributed by atoms with Crippen molar-refractivity contribution in [3.8, 4) is 5.69 Å². The molecule has 1 N–H and O–H groups in total. The molecule has 22 heavy (non-hydrogen) atoms. The van der Waals surface area contributed by atoms with E-state index in [1.165, 1.54) is 12.5 Å². The number of esters is 1. The van der Waals surface area contributed by atoms with Crippen molar-refractivity contribution in [3.05, 3.63) is 47.5 Å². The van der Waals surface area contributed by atoms with Gasteiger partial charge in [0.2, 0.25) is 6.10 Å². The number of hydrogen-bond donors (Lipinski definition) is 1. The van der Waals surface area contributed by atoms with Crippen LogP contribution in [0.2, 0.25) is 0 Å². The fourth-order valence-corrected chi connectivity index (χ4v) is 2.82. The van der Waals surface area contributed by atoms with Gasteiger partial charge in [-0.25, -0.2) is 9.78 Å². The fourth-order valence-electron chi connectivity index (χ4n) is 2.82. The Morgan fingerprint density at radius 1 is 1.36 bits per heavy atom. The van der Waals surface area contributed by atoms with E-state index in [9.17, 15) is 14.7 Å². The zero-order valence-corrected chi connectivity index (χ0v) is 12.2. The summed E-state index contributed by atoms with van der Waals surface area (Å²) in [5.41, 5.74) is 3.97. The second-order valence-electron chi connectivity index (χ2n) is 5.28. The van der Waals surface area contributed by atoms with E-state index in [1.807, 2.05) is 22.8 Å². The second kappa shape index (κ2) is 5.63. The van der Waals surface area contributed by atoms with Gasteiger partial charge in [0.25, 0.3) is 0 Å². The van der Waals surface area contributed by atoms with Crippen LogP contribution in [-0.2, 0) is 33.6 Å². The molecule has 6 heteroatoms. The van der Waals surface area contributed by atoms with E-state index in [0.29, 0.717) is 5.69 Å². The van der Waals surface area contributed by atoms with Crippen molar-refractivity contribution in [1.29, 1.82) is 0 Å². The summed E-state index contributed by atoms with van der Waals surface area (Å²) in [4.78, 5) is 26.6. The third-order valence-corrected chi connectivity index (χ3v) is 3.80. The molecule has 0 saturated carbocycles. The average Bonchev–Trinajstić information content (AvgIpc) is 2.89. The highest BCUT2D eigenvalue weighted by Gasteiger charge is 2.26. The molecule has 0 bridgehead atoms. The van der Waals surface area contributed by atoms with E-state index in [1.54, 1.807) is 6.33 Å². The van der Waals surface area contributed by atoms with Gasteiger partial charge in [-0.3, -0.25) is 4.79 Å². The van der Waals surface area contributed by atoms with Crippen LogP contribution in [0.3, 0.4) is 0 Å². The summed E-state index contributed by atoms with van der Waals surface area (Å²) >= 11 is 0. The van der Waals surface area contributed by atoms with Crippen LogP contribution in [0.4, 0.5) is 0 Å². The van der Waals surface area contributed by atoms with Gasteiger partial charge in [0.15, 0.2) is 0 Å². The number of rotatable bonds is 4. The molecule has 0 spiro atoms. The minimum absolute atomic E-state index is 0.0828. The van der Waals surface area contributed by atoms with E-state index >= 15 is 0 Å². The fraction of sp³-hybridized carbons (Fsp3) is 0.312. The first kappa shape index (κ1) is 14.3. The van der Waals surface area contributed by atoms with Gasteiger partial charge >= 0.3 is 11.9 Å². The zero-order chi connectivity index (χ0) is 15.7. The number of carboxylic acid groups (broad SMARTS) is 1. The second-order valence-corrected chi connectivity index (χ2v) is 5.28. The molecule has 1 aliphatic rings. The lowest BCUT2D eigenvalue weighted by molar-refractivity contribution is -0.162. The van der Waals surface area contributed by atoms with E-state index < -0.39 is 18.0 Å². The van der Waals surface area contributed by atoms with Gasteiger partial charge in [0, 0.05) is 24.7 Å². The van der Waals surface area contributed by atoms with Crippen LogP contribution in [0.5, 0.6) is 0 Å². The van der Waals surface area contributed by atoms with Gasteiger partial charge in [-0.05, 0) is 24.5 Å². The number of fused-ring (bicyclic) bond motifs is 3. The van der Waals surface area contributed by atoms with Crippen LogP contribution in [0.1, 0.15) is 23.9 Å². The number of nitrogens with zero attached hydrogens (tertiary/aromatic N) is 2. The van der Waals surface area contributed by atoms with Crippen molar-refractivity contribution in [3.63, 3.8) is 0 Å². The Morgan fingerprint density at radius 3 is 2.86 bits per heavy atom. The van der Waals surface area contributed by atoms with E-state index in [4.69, 9.17) is 4.74 Å². The summed E-state index contributed by atoms with van der Waals surface area (Å²) in [7, 11) is 0. The lowest BCUT2D eigenvalue weighted by atomic mass is 9.99. The Balaban J connectivity index is 1.91. The van der Waals surface area contributed by atoms with Crippen LogP contribution in [-0.4, -0.2) is 32.7 Å². The molecule has 0 fully saturated rings. The number of para-hydroxylation sites is 1. The first-order chi connectivity index (χ1) is 10.6. The highest BCUT2D eigenvalue weighted by atomic mass is 16.6. The maximum Gasteiger partial charge on any atom is 0.345 e. The molecule has 0 amide bonds. The van der Waals surface area contributed by atoms with Crippen LogP contribution in [0, 0.1) is 0 Å². The van der Waals surface area contributed by atoms with Gasteiger partial charge in [-0.15, -0.1) is 0 Å². The predicted molar refractivity (Wildman–Crippen MR) is 77.9 cm³/mol. The highest BCUT2D eigenvalue weighted by Crippen LogP contribution is 2.26. The number of ether oxygens (including phenoxy) is 1. The number of carbonyl (C=O) groups is 2. The summed E-state index contributed by atoms with van der Waals surface area (Å²) < 4.78 is 6.84. The topological polar surface area (TPSA) is 81.4 Å². The lowest BCUT2D eigenvalue weighted by Gasteiger charge is -2.20. The Bertz CT molecular complexity index is 735. The molecule has 1 aromatic heterocycles. The molecule has 2 aromatic rings. The number of carboxylic acids is 1. The summed E-state index contributed by atoms with van der Waals surface area (Å²) in [5, 5.41) is 9.17. The number of benzene rings is 1. The predicted octanol–water partition coefficient (Wildman–Crippen LogP) is 1.53. The monoisotopic (exact) mass is 300 g/mol. The van der Waals surface area contributed by atoms with Crippen molar-refractivity contribution in [2.45, 2.75) is 32.3 Å². The van der Waals surface area contributed by atoms with Crippen LogP contribution in [0.15, 0.2) is 30.6 Å². The minimum atomic E-state index is -1.20. The van der Waals surface area contributed by atoms with Crippen molar-refractivity contribution in [2.24, 2.45) is 0 Å². The third-order valence-electron chi connectivity index (χ3n) is 3.80. The standard InChI is InChI=1S/C16H16N2O4/c1-10(19)22-15(16(20)21)8-12-14-7-6-11-4-2-3-5-13(11)18(14)9-17-12/h2-5,9,15H,6-8H2,1H3,(H,20,21). The zero-order valence-electron chi connectivity index (χ0n) is 12.2. The molecule has 1 atom stereocenters. The molecule has 6 nitrogen and oxygen atoms in total. The number of carbonyl (C=O) groups excluding carboxylic acids is 1. The van der Waals surface area contributed by atoms with Gasteiger partial charge in [0.05, 0.1) is 12.0 Å². The summed E-state index contributed by atoms with van der Waals surface area (Å²) in [6, 6.07) is 8.07. The molecule has 0 saturated heterocycles. The van der Waals surface area contributed by atoms with Crippen LogP contribution >= 0.6 is 0 Å². The maximum atomic E-state index is 11.2. The number of imidazole rings is 1. The first-order valence-corrected chi connectivity index (χ1v) is 7.09. The van der Waals surface area contributed by atoms with Crippen molar-refractivity contribution in [2.75, 3.05) is 0 Å². The molecule has 0 aliphatic carbocycles. The molecule has 114 valence electrons.